The highest BCUT2D eigenvalue weighted by Crippen LogP contribution is 2.29. The van der Waals surface area contributed by atoms with Crippen LogP contribution in [0.2, 0.25) is 0 Å². The lowest BCUT2D eigenvalue weighted by Crippen LogP contribution is -2.51. The van der Waals surface area contributed by atoms with Crippen molar-refractivity contribution in [3.05, 3.63) is 59.7 Å². The predicted molar refractivity (Wildman–Crippen MR) is 132 cm³/mol. The third-order valence-electron chi connectivity index (χ3n) is 7.26. The summed E-state index contributed by atoms with van der Waals surface area (Å²) in [6, 6.07) is 14.7. The summed E-state index contributed by atoms with van der Waals surface area (Å²) in [7, 11) is 2.08. The number of nitrogens with zero attached hydrogens (tertiary/aromatic N) is 3. The first-order chi connectivity index (χ1) is 17.0. The molecule has 0 radical (unpaired) electrons. The zero-order valence-electron chi connectivity index (χ0n) is 20.1. The summed E-state index contributed by atoms with van der Waals surface area (Å²) >= 11 is 0. The van der Waals surface area contributed by atoms with Crippen LogP contribution in [-0.4, -0.2) is 84.8 Å². The minimum absolute atomic E-state index is 0.0105. The van der Waals surface area contributed by atoms with Gasteiger partial charge in [-0.1, -0.05) is 24.3 Å². The summed E-state index contributed by atoms with van der Waals surface area (Å²) in [6.45, 7) is 4.52. The molecule has 0 spiro atoms. The van der Waals surface area contributed by atoms with Gasteiger partial charge in [-0.2, -0.15) is 0 Å². The second kappa shape index (κ2) is 10.1. The third kappa shape index (κ3) is 5.17. The lowest BCUT2D eigenvalue weighted by atomic mass is 9.94. The Kier molecular flexibility index (Phi) is 6.72. The molecule has 2 aromatic carbocycles. The molecule has 0 aromatic heterocycles. The van der Waals surface area contributed by atoms with Gasteiger partial charge in [0.1, 0.15) is 5.75 Å². The zero-order valence-corrected chi connectivity index (χ0v) is 20.1. The van der Waals surface area contributed by atoms with E-state index in [1.165, 1.54) is 0 Å². The first-order valence-corrected chi connectivity index (χ1v) is 12.4. The van der Waals surface area contributed by atoms with Gasteiger partial charge in [-0.15, -0.1) is 0 Å². The maximum atomic E-state index is 13.1. The van der Waals surface area contributed by atoms with E-state index in [9.17, 15) is 14.4 Å². The highest BCUT2D eigenvalue weighted by molar-refractivity contribution is 5.98. The number of fused-ring (bicyclic) bond motifs is 1. The van der Waals surface area contributed by atoms with Crippen LogP contribution in [0.1, 0.15) is 28.8 Å². The Morgan fingerprint density at radius 2 is 1.63 bits per heavy atom. The summed E-state index contributed by atoms with van der Waals surface area (Å²) in [5.74, 6) is 0.658. The smallest absolute Gasteiger partial charge is 0.265 e. The van der Waals surface area contributed by atoms with E-state index < -0.39 is 6.10 Å². The normalized spacial score (nSPS) is 20.8. The molecule has 3 amide bonds. The van der Waals surface area contributed by atoms with Crippen LogP contribution < -0.4 is 10.1 Å². The molecule has 2 aromatic rings. The number of hydrogen-bond donors (Lipinski definition) is 1. The van der Waals surface area contributed by atoms with Crippen LogP contribution in [-0.2, 0) is 16.0 Å². The summed E-state index contributed by atoms with van der Waals surface area (Å²) < 4.78 is 5.77. The standard InChI is InChI=1S/C27H32N4O4/c1-29-13-15-31(16-14-29)26(33)19-9-11-30(12-10-19)27(34)21-6-4-7-22(17-21)28-25(32)24-18-20-5-2-3-8-23(20)35-24/h2-8,17,19,24H,9-16,18H2,1H3,(H,28,32). The van der Waals surface area contributed by atoms with Gasteiger partial charge in [0.05, 0.1) is 0 Å². The highest BCUT2D eigenvalue weighted by Gasteiger charge is 2.32. The molecular formula is C27H32N4O4. The molecular weight excluding hydrogens is 444 g/mol. The minimum atomic E-state index is -0.580. The maximum absolute atomic E-state index is 13.1. The number of likely N-dealkylation sites (tertiary alicyclic amines) is 1. The SMILES string of the molecule is CN1CCN(C(=O)C2CCN(C(=O)c3cccc(NC(=O)C4Cc5ccccc5O4)c3)CC2)CC1. The number of anilines is 1. The van der Waals surface area contributed by atoms with Gasteiger partial charge in [-0.05, 0) is 49.7 Å². The second-order valence-corrected chi connectivity index (χ2v) is 9.68. The number of piperidine rings is 1. The summed E-state index contributed by atoms with van der Waals surface area (Å²) in [4.78, 5) is 44.8. The number of amides is 3. The van der Waals surface area contributed by atoms with E-state index >= 15 is 0 Å². The molecule has 2 fully saturated rings. The second-order valence-electron chi connectivity index (χ2n) is 9.68. The molecule has 0 aliphatic carbocycles. The first kappa shape index (κ1) is 23.4. The van der Waals surface area contributed by atoms with Crippen LogP contribution in [0.3, 0.4) is 0 Å². The van der Waals surface area contributed by atoms with Crippen molar-refractivity contribution in [2.75, 3.05) is 51.6 Å². The van der Waals surface area contributed by atoms with E-state index in [0.29, 0.717) is 43.6 Å². The molecule has 3 heterocycles. The lowest BCUT2D eigenvalue weighted by molar-refractivity contribution is -0.138. The molecule has 184 valence electrons. The van der Waals surface area contributed by atoms with Crippen molar-refractivity contribution in [1.29, 1.82) is 0 Å². The van der Waals surface area contributed by atoms with Crippen molar-refractivity contribution in [3.63, 3.8) is 0 Å². The van der Waals surface area contributed by atoms with Crippen molar-refractivity contribution in [3.8, 4) is 5.75 Å². The van der Waals surface area contributed by atoms with Crippen LogP contribution in [0.25, 0.3) is 0 Å². The summed E-state index contributed by atoms with van der Waals surface area (Å²) in [6.07, 6.45) is 1.33. The van der Waals surface area contributed by atoms with Gasteiger partial charge in [0.2, 0.25) is 5.91 Å². The zero-order chi connectivity index (χ0) is 24.4. The maximum Gasteiger partial charge on any atom is 0.265 e. The van der Waals surface area contributed by atoms with Crippen LogP contribution in [0.15, 0.2) is 48.5 Å². The number of hydrogen-bond acceptors (Lipinski definition) is 5. The molecule has 35 heavy (non-hydrogen) atoms. The van der Waals surface area contributed by atoms with Crippen LogP contribution in [0.5, 0.6) is 5.75 Å². The fourth-order valence-corrected chi connectivity index (χ4v) is 5.08. The van der Waals surface area contributed by atoms with Gasteiger partial charge in [0.15, 0.2) is 6.10 Å². The molecule has 8 heteroatoms. The number of benzene rings is 2. The average Bonchev–Trinajstić information content (AvgIpc) is 3.33. The van der Waals surface area contributed by atoms with Crippen molar-refractivity contribution >= 4 is 23.4 Å². The minimum Gasteiger partial charge on any atom is -0.480 e. The summed E-state index contributed by atoms with van der Waals surface area (Å²) in [5, 5.41) is 2.89. The Bertz CT molecular complexity index is 1080. The Morgan fingerprint density at radius 3 is 2.37 bits per heavy atom. The predicted octanol–water partition coefficient (Wildman–Crippen LogP) is 2.26. The van der Waals surface area contributed by atoms with Gasteiger partial charge < -0.3 is 24.8 Å². The van der Waals surface area contributed by atoms with Gasteiger partial charge in [0, 0.05) is 62.9 Å². The topological polar surface area (TPSA) is 82.2 Å². The van der Waals surface area contributed by atoms with E-state index in [-0.39, 0.29) is 23.6 Å². The van der Waals surface area contributed by atoms with Gasteiger partial charge >= 0.3 is 0 Å². The molecule has 1 atom stereocenters. The number of rotatable bonds is 4. The lowest BCUT2D eigenvalue weighted by Gasteiger charge is -2.37. The first-order valence-electron chi connectivity index (χ1n) is 12.4. The van der Waals surface area contributed by atoms with Gasteiger partial charge in [-0.3, -0.25) is 14.4 Å². The van der Waals surface area contributed by atoms with Crippen LogP contribution >= 0.6 is 0 Å². The number of likely N-dealkylation sites (N-methyl/N-ethyl adjacent to an activating group) is 1. The van der Waals surface area contributed by atoms with Crippen molar-refractivity contribution in [2.24, 2.45) is 5.92 Å². The van der Waals surface area contributed by atoms with E-state index in [2.05, 4.69) is 17.3 Å². The van der Waals surface area contributed by atoms with Gasteiger partial charge in [-0.25, -0.2) is 0 Å². The van der Waals surface area contributed by atoms with E-state index in [1.807, 2.05) is 34.1 Å². The fraction of sp³-hybridized carbons (Fsp3) is 0.444. The molecule has 0 bridgehead atoms. The number of ether oxygens (including phenoxy) is 1. The fourth-order valence-electron chi connectivity index (χ4n) is 5.08. The number of carbonyl (C=O) groups is 3. The Morgan fingerprint density at radius 1 is 0.886 bits per heavy atom. The van der Waals surface area contributed by atoms with E-state index in [1.54, 1.807) is 24.3 Å². The van der Waals surface area contributed by atoms with Crippen molar-refractivity contribution < 1.29 is 19.1 Å². The average molecular weight is 477 g/mol. The Labute approximate surface area is 205 Å². The number of nitrogens with one attached hydrogen (secondary N) is 1. The largest absolute Gasteiger partial charge is 0.480 e. The van der Waals surface area contributed by atoms with Crippen LogP contribution in [0.4, 0.5) is 5.69 Å². The number of carbonyl (C=O) groups excluding carboxylic acids is 3. The number of piperazine rings is 1. The van der Waals surface area contributed by atoms with E-state index in [4.69, 9.17) is 4.74 Å². The quantitative estimate of drug-likeness (QED) is 0.732. The van der Waals surface area contributed by atoms with Gasteiger partial charge in [0.25, 0.3) is 11.8 Å². The third-order valence-corrected chi connectivity index (χ3v) is 7.26. The van der Waals surface area contributed by atoms with E-state index in [0.717, 1.165) is 37.5 Å². The Hall–Kier alpha value is -3.39. The Balaban J connectivity index is 1.15. The molecule has 2 saturated heterocycles. The molecule has 3 aliphatic rings. The molecule has 3 aliphatic heterocycles. The molecule has 8 nitrogen and oxygen atoms in total. The van der Waals surface area contributed by atoms with Crippen LogP contribution in [0, 0.1) is 5.92 Å². The summed E-state index contributed by atoms with van der Waals surface area (Å²) in [5.41, 5.74) is 2.12. The molecule has 1 unspecified atom stereocenters. The van der Waals surface area contributed by atoms with Crippen molar-refractivity contribution in [1.82, 2.24) is 14.7 Å². The molecule has 0 saturated carbocycles. The monoisotopic (exact) mass is 476 g/mol. The molecule has 5 rings (SSSR count). The van der Waals surface area contributed by atoms with Crippen molar-refractivity contribution in [2.45, 2.75) is 25.4 Å². The highest BCUT2D eigenvalue weighted by atomic mass is 16.5. The number of para-hydroxylation sites is 1. The molecule has 1 N–H and O–H groups in total.